The van der Waals surface area contributed by atoms with E-state index in [4.69, 9.17) is 25.3 Å². The molecule has 2 rings (SSSR count). The third-order valence-electron chi connectivity index (χ3n) is 4.23. The average Bonchev–Trinajstić information content (AvgIpc) is 3.41. The van der Waals surface area contributed by atoms with E-state index < -0.39 is 0 Å². The van der Waals surface area contributed by atoms with E-state index in [1.54, 1.807) is 0 Å². The Kier molecular flexibility index (Phi) is 12.9. The zero-order valence-electron chi connectivity index (χ0n) is 18.6. The molecule has 0 bridgehead atoms. The van der Waals surface area contributed by atoms with Crippen LogP contribution in [0.1, 0.15) is 68.2 Å². The summed E-state index contributed by atoms with van der Waals surface area (Å²) < 4.78 is 0. The molecule has 1 aliphatic carbocycles. The van der Waals surface area contributed by atoms with Gasteiger partial charge in [0, 0.05) is 6.04 Å². The van der Waals surface area contributed by atoms with Crippen molar-refractivity contribution in [2.45, 2.75) is 96.9 Å². The molecule has 1 aliphatic rings. The molecule has 0 aliphatic heterocycles. The molecule has 0 atom stereocenters. The first-order valence-electron chi connectivity index (χ1n) is 10.0. The van der Waals surface area contributed by atoms with Crippen molar-refractivity contribution in [3.8, 4) is 0 Å². The van der Waals surface area contributed by atoms with Gasteiger partial charge in [-0.1, -0.05) is 55.4 Å². The monoisotopic (exact) mass is 527 g/mol. The number of nitrogens with one attached hydrogen (secondary N) is 3. The van der Waals surface area contributed by atoms with Crippen LogP contribution in [0.2, 0.25) is 0 Å². The van der Waals surface area contributed by atoms with Crippen LogP contribution in [0.4, 0.5) is 17.8 Å². The summed E-state index contributed by atoms with van der Waals surface area (Å²) in [5.74, 6) is 2.08. The molecule has 1 heterocycles. The van der Waals surface area contributed by atoms with Gasteiger partial charge in [-0.3, -0.25) is 0 Å². The molecular formula is C18H36Cl2CoN6P2. The van der Waals surface area contributed by atoms with Crippen LogP contribution < -0.4 is 15.5 Å². The van der Waals surface area contributed by atoms with Crippen molar-refractivity contribution in [3.05, 3.63) is 0 Å². The van der Waals surface area contributed by atoms with E-state index in [9.17, 15) is 0 Å². The number of hydrogen-bond donors (Lipinski definition) is 3. The fourth-order valence-electron chi connectivity index (χ4n) is 2.89. The molecule has 0 unspecified atom stereocenters. The first-order valence-corrected chi connectivity index (χ1v) is 15.9. The molecule has 11 heteroatoms. The Morgan fingerprint density at radius 2 is 1.03 bits per heavy atom. The first-order chi connectivity index (χ1) is 13.6. The minimum atomic E-state index is -0.383. The second-order valence-corrected chi connectivity index (χ2v) is 16.1. The van der Waals surface area contributed by atoms with Crippen LogP contribution in [0.3, 0.4) is 0 Å². The topological polar surface area (TPSA) is 74.8 Å². The number of nitrogens with zero attached hydrogens (tertiary/aromatic N) is 3. The van der Waals surface area contributed by atoms with Crippen molar-refractivity contribution >= 4 is 54.3 Å². The molecule has 1 aromatic rings. The Hall–Kier alpha value is 0.356. The molecule has 1 fully saturated rings. The van der Waals surface area contributed by atoms with Gasteiger partial charge in [0.15, 0.2) is 0 Å². The zero-order chi connectivity index (χ0) is 22.1. The standard InChI is InChI=1S/C18H36N6P2.2ClH.Co/c1-11(2)25(12(3)4)23-17-20-16(19-15-9-10-15)21-18(22-17)24-26(13(5)6)14(7)8;;;/h11-15H,9-10H2,1-8H3,(H3,19,20,21,22,23,24);2*1H;/q;;;+2/p-2. The van der Waals surface area contributed by atoms with Crippen molar-refractivity contribution in [2.24, 2.45) is 0 Å². The molecule has 0 spiro atoms. The first kappa shape index (κ1) is 27.4. The van der Waals surface area contributed by atoms with Crippen LogP contribution >= 0.6 is 36.4 Å². The normalized spacial score (nSPS) is 14.2. The van der Waals surface area contributed by atoms with E-state index in [1.165, 1.54) is 12.8 Å². The zero-order valence-corrected chi connectivity index (χ0v) is 23.0. The fourth-order valence-corrected chi connectivity index (χ4v) is 6.97. The van der Waals surface area contributed by atoms with E-state index in [-0.39, 0.29) is 16.1 Å². The number of rotatable bonds is 10. The van der Waals surface area contributed by atoms with Gasteiger partial charge in [-0.05, 0) is 51.6 Å². The summed E-state index contributed by atoms with van der Waals surface area (Å²) in [7, 11) is 8.70. The number of anilines is 3. The number of aromatic nitrogens is 3. The Morgan fingerprint density at radius 3 is 1.31 bits per heavy atom. The summed E-state index contributed by atoms with van der Waals surface area (Å²) in [6, 6.07) is 0.520. The van der Waals surface area contributed by atoms with Gasteiger partial charge in [-0.2, -0.15) is 15.0 Å². The van der Waals surface area contributed by atoms with Crippen LogP contribution in [0, 0.1) is 0 Å². The third kappa shape index (κ3) is 10.5. The average molecular weight is 528 g/mol. The summed E-state index contributed by atoms with van der Waals surface area (Å²) >= 11 is 0.382. The summed E-state index contributed by atoms with van der Waals surface area (Å²) in [6.07, 6.45) is 2.40. The molecule has 29 heavy (non-hydrogen) atoms. The SMILES string of the molecule is CC(C)P(Nc1nc(NC2CC2)nc(NP(C(C)C)C(C)C)n1)C(C)C.[Cl][Co][Cl]. The third-order valence-corrected chi connectivity index (χ3v) is 9.60. The fraction of sp³-hybridized carbons (Fsp3) is 0.833. The predicted molar refractivity (Wildman–Crippen MR) is 130 cm³/mol. The van der Waals surface area contributed by atoms with Crippen LogP contribution in [-0.4, -0.2) is 43.6 Å². The van der Waals surface area contributed by atoms with Gasteiger partial charge in [0.2, 0.25) is 17.8 Å². The molecule has 0 aromatic carbocycles. The van der Waals surface area contributed by atoms with Crippen molar-refractivity contribution in [3.63, 3.8) is 0 Å². The van der Waals surface area contributed by atoms with Crippen LogP contribution in [-0.2, 0) is 12.9 Å². The molecule has 0 amide bonds. The van der Waals surface area contributed by atoms with Crippen LogP contribution in [0.15, 0.2) is 0 Å². The van der Waals surface area contributed by atoms with Gasteiger partial charge < -0.3 is 15.5 Å². The summed E-state index contributed by atoms with van der Waals surface area (Å²) in [6.45, 7) is 18.1. The summed E-state index contributed by atoms with van der Waals surface area (Å²) in [5, 5.41) is 10.7. The van der Waals surface area contributed by atoms with Gasteiger partial charge in [0.1, 0.15) is 0 Å². The second-order valence-electron chi connectivity index (χ2n) is 8.19. The van der Waals surface area contributed by atoms with E-state index in [0.717, 1.165) is 0 Å². The van der Waals surface area contributed by atoms with Gasteiger partial charge in [-0.15, -0.1) is 0 Å². The second kappa shape index (κ2) is 13.7. The van der Waals surface area contributed by atoms with Gasteiger partial charge in [0.05, 0.1) is 0 Å². The molecule has 1 saturated carbocycles. The maximum atomic E-state index is 4.73. The molecule has 1 aromatic heterocycles. The molecule has 171 valence electrons. The molecule has 0 saturated heterocycles. The van der Waals surface area contributed by atoms with E-state index in [0.29, 0.717) is 59.4 Å². The molecular weight excluding hydrogens is 492 g/mol. The van der Waals surface area contributed by atoms with Crippen LogP contribution in [0.25, 0.3) is 0 Å². The Balaban J connectivity index is 0.00000132. The Bertz CT molecular complexity index is 549. The van der Waals surface area contributed by atoms with E-state index >= 15 is 0 Å². The summed E-state index contributed by atoms with van der Waals surface area (Å²) in [4.78, 5) is 14.0. The number of halogens is 2. The molecule has 6 nitrogen and oxygen atoms in total. The van der Waals surface area contributed by atoms with Gasteiger partial charge >= 0.3 is 33.2 Å². The van der Waals surface area contributed by atoms with Crippen molar-refractivity contribution in [1.82, 2.24) is 15.0 Å². The minimum absolute atomic E-state index is 0.382. The van der Waals surface area contributed by atoms with E-state index in [2.05, 4.69) is 80.8 Å². The van der Waals surface area contributed by atoms with Crippen molar-refractivity contribution < 1.29 is 12.9 Å². The number of hydrogen-bond acceptors (Lipinski definition) is 6. The summed E-state index contributed by atoms with van der Waals surface area (Å²) in [5.41, 5.74) is 2.28. The van der Waals surface area contributed by atoms with Crippen molar-refractivity contribution in [2.75, 3.05) is 15.5 Å². The molecule has 0 radical (unpaired) electrons. The Morgan fingerprint density at radius 1 is 0.724 bits per heavy atom. The maximum absolute atomic E-state index is 4.73. The quantitative estimate of drug-likeness (QED) is 0.282. The van der Waals surface area contributed by atoms with Crippen LogP contribution in [0.5, 0.6) is 0 Å². The van der Waals surface area contributed by atoms with Crippen molar-refractivity contribution in [1.29, 1.82) is 0 Å². The predicted octanol–water partition coefficient (Wildman–Crippen LogP) is 7.07. The van der Waals surface area contributed by atoms with Gasteiger partial charge in [0.25, 0.3) is 0 Å². The molecule has 3 N–H and O–H groups in total. The Labute approximate surface area is 194 Å². The van der Waals surface area contributed by atoms with Gasteiger partial charge in [-0.25, -0.2) is 0 Å². The van der Waals surface area contributed by atoms with E-state index in [1.807, 2.05) is 0 Å².